The van der Waals surface area contributed by atoms with E-state index in [2.05, 4.69) is 111 Å². The number of phosphoric ester groups is 1. The maximum Gasteiger partial charge on any atom is 0.472 e. The molecule has 10 nitrogen and oxygen atoms in total. The fraction of sp³-hybridized carbons (Fsp3) is 0.591. The van der Waals surface area contributed by atoms with E-state index in [1.165, 1.54) is 0 Å². The van der Waals surface area contributed by atoms with Crippen LogP contribution in [-0.4, -0.2) is 60.5 Å². The number of ether oxygens (including phenoxy) is 2. The highest BCUT2D eigenvalue weighted by atomic mass is 31.2. The van der Waals surface area contributed by atoms with Gasteiger partial charge >= 0.3 is 19.8 Å². The van der Waals surface area contributed by atoms with Crippen LogP contribution in [0.25, 0.3) is 0 Å². The van der Waals surface area contributed by atoms with Crippen LogP contribution < -0.4 is 5.73 Å². The highest BCUT2D eigenvalue weighted by Crippen LogP contribution is 2.43. The number of nitrogens with two attached hydrogens (primary N) is 1. The molecule has 0 saturated heterocycles. The Morgan fingerprint density at radius 3 is 1.47 bits per heavy atom. The largest absolute Gasteiger partial charge is 0.480 e. The van der Waals surface area contributed by atoms with Crippen LogP contribution in [0.1, 0.15) is 129 Å². The summed E-state index contributed by atoms with van der Waals surface area (Å²) in [5.74, 6) is -1.83. The first-order chi connectivity index (χ1) is 26.7. The van der Waals surface area contributed by atoms with Crippen LogP contribution in [0.5, 0.6) is 0 Å². The third kappa shape index (κ3) is 38.9. The van der Waals surface area contributed by atoms with Crippen LogP contribution in [0, 0.1) is 0 Å². The predicted octanol–water partition coefficient (Wildman–Crippen LogP) is 11.0. The third-order valence-corrected chi connectivity index (χ3v) is 8.81. The molecule has 0 aliphatic heterocycles. The summed E-state index contributed by atoms with van der Waals surface area (Å²) in [6.07, 6.45) is 50.3. The summed E-state index contributed by atoms with van der Waals surface area (Å²) in [7, 11) is -4.64. The number of esters is 1. The van der Waals surface area contributed by atoms with E-state index in [0.29, 0.717) is 13.0 Å². The van der Waals surface area contributed by atoms with E-state index in [4.69, 9.17) is 29.4 Å². The standard InChI is InChI=1S/C44H72NO9P/c1-3-5-7-9-11-13-15-17-19-20-21-22-23-24-26-28-30-32-34-36-43(46)54-41(39-52-55(49,50)53-40-42(45)44(47)48)38-51-37-35-33-31-29-27-25-18-16-14-12-10-8-6-4-2/h5-8,11-14,17-19,21-22,24-26,41-42H,3-4,9-10,15-16,20,23,27-40,45H2,1-2H3,(H,47,48)(H,49,50)/b7-5-,8-6-,13-11-,14-12-,19-17-,22-21-,25-18-,26-24-. The van der Waals surface area contributed by atoms with Crippen LogP contribution >= 0.6 is 7.82 Å². The Morgan fingerprint density at radius 2 is 1.00 bits per heavy atom. The van der Waals surface area contributed by atoms with Crippen LogP contribution in [0.2, 0.25) is 0 Å². The lowest BCUT2D eigenvalue weighted by Gasteiger charge is -2.20. The van der Waals surface area contributed by atoms with E-state index in [0.717, 1.165) is 103 Å². The fourth-order valence-corrected chi connectivity index (χ4v) is 5.54. The van der Waals surface area contributed by atoms with Crippen molar-refractivity contribution < 1.29 is 42.7 Å². The molecule has 3 atom stereocenters. The zero-order valence-corrected chi connectivity index (χ0v) is 34.6. The van der Waals surface area contributed by atoms with E-state index < -0.39 is 45.1 Å². The van der Waals surface area contributed by atoms with Crippen LogP contribution in [-0.2, 0) is 32.7 Å². The van der Waals surface area contributed by atoms with Gasteiger partial charge in [-0.15, -0.1) is 0 Å². The Kier molecular flexibility index (Phi) is 36.9. The quantitative estimate of drug-likeness (QED) is 0.0240. The van der Waals surface area contributed by atoms with E-state index in [9.17, 15) is 19.0 Å². The lowest BCUT2D eigenvalue weighted by molar-refractivity contribution is -0.154. The van der Waals surface area contributed by atoms with Crippen molar-refractivity contribution >= 4 is 19.8 Å². The predicted molar refractivity (Wildman–Crippen MR) is 226 cm³/mol. The molecule has 0 aromatic heterocycles. The molecule has 0 rings (SSSR count). The second kappa shape index (κ2) is 39.1. The topological polar surface area (TPSA) is 155 Å². The number of aliphatic carboxylic acids is 1. The molecular weight excluding hydrogens is 717 g/mol. The summed E-state index contributed by atoms with van der Waals surface area (Å²) in [6.45, 7) is 3.52. The number of rotatable bonds is 37. The van der Waals surface area contributed by atoms with Crippen molar-refractivity contribution in [3.63, 3.8) is 0 Å². The number of allylic oxidation sites excluding steroid dienone is 16. The van der Waals surface area contributed by atoms with Crippen molar-refractivity contribution in [2.24, 2.45) is 5.73 Å². The highest BCUT2D eigenvalue weighted by molar-refractivity contribution is 7.47. The monoisotopic (exact) mass is 789 g/mol. The van der Waals surface area contributed by atoms with Gasteiger partial charge in [-0.1, -0.05) is 130 Å². The minimum absolute atomic E-state index is 0.0189. The Balaban J connectivity index is 4.41. The first-order valence-corrected chi connectivity index (χ1v) is 21.8. The number of phosphoric acid groups is 1. The van der Waals surface area contributed by atoms with E-state index in [1.807, 2.05) is 0 Å². The van der Waals surface area contributed by atoms with Gasteiger partial charge < -0.3 is 25.2 Å². The molecule has 0 aromatic rings. The number of carboxylic acid groups (broad SMARTS) is 1. The number of carbonyl (C=O) groups excluding carboxylic acids is 1. The number of hydrogen-bond donors (Lipinski definition) is 3. The molecular formula is C44H72NO9P. The Morgan fingerprint density at radius 1 is 0.582 bits per heavy atom. The van der Waals surface area contributed by atoms with Gasteiger partial charge in [-0.3, -0.25) is 18.6 Å². The van der Waals surface area contributed by atoms with Gasteiger partial charge in [-0.05, 0) is 89.9 Å². The van der Waals surface area contributed by atoms with Gasteiger partial charge in [0.2, 0.25) is 0 Å². The van der Waals surface area contributed by atoms with Gasteiger partial charge in [-0.25, -0.2) is 4.57 Å². The van der Waals surface area contributed by atoms with Crippen molar-refractivity contribution in [1.82, 2.24) is 0 Å². The summed E-state index contributed by atoms with van der Waals surface area (Å²) in [6, 6.07) is -1.49. The molecule has 0 radical (unpaired) electrons. The first kappa shape index (κ1) is 51.9. The molecule has 0 bridgehead atoms. The number of unbranched alkanes of at least 4 members (excludes halogenated alkanes) is 7. The zero-order valence-electron chi connectivity index (χ0n) is 33.7. The van der Waals surface area contributed by atoms with Gasteiger partial charge in [-0.2, -0.15) is 0 Å². The Labute approximate surface area is 332 Å². The number of carboxylic acids is 1. The van der Waals surface area contributed by atoms with Gasteiger partial charge in [0, 0.05) is 13.0 Å². The summed E-state index contributed by atoms with van der Waals surface area (Å²) in [5.41, 5.74) is 5.34. The molecule has 55 heavy (non-hydrogen) atoms. The zero-order chi connectivity index (χ0) is 40.5. The molecule has 4 N–H and O–H groups in total. The van der Waals surface area contributed by atoms with Crippen LogP contribution in [0.3, 0.4) is 0 Å². The molecule has 0 saturated carbocycles. The summed E-state index contributed by atoms with van der Waals surface area (Å²) < 4.78 is 33.2. The Bertz CT molecular complexity index is 1240. The summed E-state index contributed by atoms with van der Waals surface area (Å²) in [4.78, 5) is 33.5. The molecule has 312 valence electrons. The van der Waals surface area contributed by atoms with E-state index in [1.54, 1.807) is 0 Å². The van der Waals surface area contributed by atoms with Gasteiger partial charge in [0.15, 0.2) is 0 Å². The van der Waals surface area contributed by atoms with Crippen LogP contribution in [0.4, 0.5) is 0 Å². The smallest absolute Gasteiger partial charge is 0.472 e. The lowest BCUT2D eigenvalue weighted by Crippen LogP contribution is -2.34. The molecule has 0 heterocycles. The average Bonchev–Trinajstić information content (AvgIpc) is 3.16. The van der Waals surface area contributed by atoms with Crippen LogP contribution in [0.15, 0.2) is 97.2 Å². The first-order valence-electron chi connectivity index (χ1n) is 20.3. The fourth-order valence-electron chi connectivity index (χ4n) is 4.76. The number of hydrogen-bond acceptors (Lipinski definition) is 8. The second-order valence-electron chi connectivity index (χ2n) is 13.0. The van der Waals surface area contributed by atoms with Crippen molar-refractivity contribution in [3.05, 3.63) is 97.2 Å². The minimum Gasteiger partial charge on any atom is -0.480 e. The van der Waals surface area contributed by atoms with Crippen molar-refractivity contribution in [1.29, 1.82) is 0 Å². The lowest BCUT2D eigenvalue weighted by atomic mass is 10.1. The molecule has 0 fully saturated rings. The maximum atomic E-state index is 12.6. The molecule has 0 amide bonds. The average molecular weight is 790 g/mol. The van der Waals surface area contributed by atoms with Crippen molar-refractivity contribution in [3.8, 4) is 0 Å². The second-order valence-corrected chi connectivity index (χ2v) is 14.4. The highest BCUT2D eigenvalue weighted by Gasteiger charge is 2.27. The van der Waals surface area contributed by atoms with Gasteiger partial charge in [0.05, 0.1) is 19.8 Å². The molecule has 0 aromatic carbocycles. The Hall–Kier alpha value is -3.11. The molecule has 0 aliphatic rings. The summed E-state index contributed by atoms with van der Waals surface area (Å²) in [5, 5.41) is 8.88. The van der Waals surface area contributed by atoms with Crippen molar-refractivity contribution in [2.75, 3.05) is 26.4 Å². The third-order valence-electron chi connectivity index (χ3n) is 7.86. The molecule has 11 heteroatoms. The molecule has 0 spiro atoms. The minimum atomic E-state index is -4.64. The molecule has 3 unspecified atom stereocenters. The number of carbonyl (C=O) groups is 2. The normalized spacial score (nSPS) is 15.0. The SMILES string of the molecule is CC/C=C\C/C=C\C/C=C\C/C=C\C/C=C\CCCCCC(=O)OC(COCCCCCC/C=C\C/C=C\C/C=C\CC)COP(=O)(O)OCC(N)C(=O)O. The van der Waals surface area contributed by atoms with E-state index in [-0.39, 0.29) is 13.0 Å². The summed E-state index contributed by atoms with van der Waals surface area (Å²) >= 11 is 0. The van der Waals surface area contributed by atoms with E-state index >= 15 is 0 Å². The van der Waals surface area contributed by atoms with Gasteiger partial charge in [0.25, 0.3) is 0 Å². The molecule has 0 aliphatic carbocycles. The maximum absolute atomic E-state index is 12.6. The van der Waals surface area contributed by atoms with Gasteiger partial charge in [0.1, 0.15) is 12.1 Å². The van der Waals surface area contributed by atoms with Crippen molar-refractivity contribution in [2.45, 2.75) is 142 Å².